The molecule has 15 heteroatoms. The molecule has 0 aliphatic carbocycles. The topological polar surface area (TPSA) is 136 Å². The van der Waals surface area contributed by atoms with Crippen molar-refractivity contribution in [3.05, 3.63) is 107 Å². The van der Waals surface area contributed by atoms with E-state index in [0.29, 0.717) is 37.5 Å². The standard InChI is InChI=1S/C39H35F2N9O4/c40-25-5-1-4-23(18-25)30-7-3-13-48(30)35-11-10-33-42-21-32(50(33)45-35)29-6-2-8-34(43-29)47-16-14-46(15-17-47)22-24-19-26-27(20-28(24)41)39(54)49(38(26)53)31-9-12-36(51)44-37(31)52/h1-2,4-6,8,10-11,18-21,30-31H,3,7,9,12-17,22H2,(H,44,51,52). The van der Waals surface area contributed by atoms with Gasteiger partial charge in [0.05, 0.1) is 29.1 Å². The molecule has 2 unspecified atom stereocenters. The number of aromatic nitrogens is 4. The van der Waals surface area contributed by atoms with Gasteiger partial charge in [-0.2, -0.15) is 0 Å². The van der Waals surface area contributed by atoms with E-state index in [4.69, 9.17) is 10.1 Å². The first-order chi connectivity index (χ1) is 26.2. The van der Waals surface area contributed by atoms with Crippen LogP contribution >= 0.6 is 0 Å². The summed E-state index contributed by atoms with van der Waals surface area (Å²) >= 11 is 0. The zero-order valence-corrected chi connectivity index (χ0v) is 29.1. The number of pyridine rings is 1. The summed E-state index contributed by atoms with van der Waals surface area (Å²) in [6.45, 7) is 3.48. The lowest BCUT2D eigenvalue weighted by molar-refractivity contribution is -0.136. The van der Waals surface area contributed by atoms with Gasteiger partial charge in [0, 0.05) is 51.3 Å². The minimum absolute atomic E-state index is 0.00742. The first kappa shape index (κ1) is 33.7. The summed E-state index contributed by atoms with van der Waals surface area (Å²) in [4.78, 5) is 67.3. The van der Waals surface area contributed by atoms with Crippen molar-refractivity contribution < 1.29 is 28.0 Å². The lowest BCUT2D eigenvalue weighted by Crippen LogP contribution is -2.54. The van der Waals surface area contributed by atoms with Crippen molar-refractivity contribution in [1.82, 2.24) is 34.7 Å². The third kappa shape index (κ3) is 5.93. The van der Waals surface area contributed by atoms with Crippen LogP contribution in [-0.2, 0) is 16.1 Å². The van der Waals surface area contributed by atoms with Gasteiger partial charge in [-0.25, -0.2) is 23.3 Å². The molecule has 4 amide bonds. The van der Waals surface area contributed by atoms with E-state index in [-0.39, 0.29) is 47.9 Å². The van der Waals surface area contributed by atoms with Crippen LogP contribution in [0, 0.1) is 11.6 Å². The predicted octanol–water partition coefficient (Wildman–Crippen LogP) is 4.13. The van der Waals surface area contributed by atoms with Crippen LogP contribution in [0.4, 0.5) is 20.4 Å². The predicted molar refractivity (Wildman–Crippen MR) is 193 cm³/mol. The number of piperidine rings is 1. The van der Waals surface area contributed by atoms with Crippen molar-refractivity contribution in [2.75, 3.05) is 42.5 Å². The molecule has 4 aliphatic rings. The Balaban J connectivity index is 0.884. The van der Waals surface area contributed by atoms with Crippen molar-refractivity contribution in [2.24, 2.45) is 0 Å². The van der Waals surface area contributed by atoms with Crippen LogP contribution in [0.1, 0.15) is 63.6 Å². The van der Waals surface area contributed by atoms with Crippen LogP contribution in [0.5, 0.6) is 0 Å². The highest BCUT2D eigenvalue weighted by Gasteiger charge is 2.45. The van der Waals surface area contributed by atoms with Crippen molar-refractivity contribution in [3.63, 3.8) is 0 Å². The molecule has 5 aromatic rings. The van der Waals surface area contributed by atoms with E-state index in [0.717, 1.165) is 53.2 Å². The lowest BCUT2D eigenvalue weighted by atomic mass is 10.0. The van der Waals surface area contributed by atoms with Gasteiger partial charge in [0.1, 0.15) is 35.0 Å². The summed E-state index contributed by atoms with van der Waals surface area (Å²) in [7, 11) is 0. The van der Waals surface area contributed by atoms with Crippen molar-refractivity contribution in [3.8, 4) is 11.4 Å². The molecule has 2 aromatic carbocycles. The molecule has 9 rings (SSSR count). The van der Waals surface area contributed by atoms with E-state index in [1.807, 2.05) is 36.4 Å². The number of carbonyl (C=O) groups is 4. The number of imidazole rings is 1. The number of fused-ring (bicyclic) bond motifs is 2. The lowest BCUT2D eigenvalue weighted by Gasteiger charge is -2.35. The molecule has 4 aliphatic heterocycles. The second-order valence-corrected chi connectivity index (χ2v) is 14.1. The maximum atomic E-state index is 15.4. The largest absolute Gasteiger partial charge is 0.354 e. The summed E-state index contributed by atoms with van der Waals surface area (Å²) in [5.74, 6) is -1.86. The van der Waals surface area contributed by atoms with Crippen LogP contribution in [0.3, 0.4) is 0 Å². The molecular weight excluding hydrogens is 696 g/mol. The fourth-order valence-electron chi connectivity index (χ4n) is 8.07. The average Bonchev–Trinajstić information content (AvgIpc) is 3.89. The fraction of sp³-hybridized carbons (Fsp3) is 0.308. The highest BCUT2D eigenvalue weighted by molar-refractivity contribution is 6.23. The zero-order chi connectivity index (χ0) is 37.1. The molecule has 3 aromatic heterocycles. The molecule has 0 radical (unpaired) electrons. The molecule has 13 nitrogen and oxygen atoms in total. The van der Waals surface area contributed by atoms with Gasteiger partial charge in [-0.1, -0.05) is 18.2 Å². The minimum atomic E-state index is -1.11. The van der Waals surface area contributed by atoms with Crippen LogP contribution in [0.2, 0.25) is 0 Å². The number of benzene rings is 2. The normalized spacial score (nSPS) is 20.7. The molecule has 0 saturated carbocycles. The Kier molecular flexibility index (Phi) is 8.37. The van der Waals surface area contributed by atoms with Crippen LogP contribution in [0.25, 0.3) is 17.0 Å². The first-order valence-electron chi connectivity index (χ1n) is 18.1. The SMILES string of the molecule is O=C1CCC(N2C(=O)c3cc(F)c(CN4CCN(c5cccc(-c6cnc7ccc(N8CCCC8c8cccc(F)c8)nn67)n5)CC4)cc3C2=O)C(=O)N1. The Morgan fingerprint density at radius 2 is 1.59 bits per heavy atom. The second kappa shape index (κ2) is 13.4. The van der Waals surface area contributed by atoms with Crippen molar-refractivity contribution in [1.29, 1.82) is 0 Å². The van der Waals surface area contributed by atoms with E-state index < -0.39 is 35.5 Å². The number of nitrogens with one attached hydrogen (secondary N) is 1. The molecule has 0 spiro atoms. The van der Waals surface area contributed by atoms with E-state index in [9.17, 15) is 23.6 Å². The van der Waals surface area contributed by atoms with Gasteiger partial charge in [-0.15, -0.1) is 5.10 Å². The highest BCUT2D eigenvalue weighted by Crippen LogP contribution is 2.36. The molecule has 2 atom stereocenters. The Bertz CT molecular complexity index is 2360. The third-order valence-electron chi connectivity index (χ3n) is 10.8. The van der Waals surface area contributed by atoms with E-state index >= 15 is 4.39 Å². The van der Waals surface area contributed by atoms with Crippen molar-refractivity contribution >= 4 is 40.9 Å². The van der Waals surface area contributed by atoms with Gasteiger partial charge in [0.2, 0.25) is 11.8 Å². The fourth-order valence-corrected chi connectivity index (χ4v) is 8.07. The smallest absolute Gasteiger partial charge is 0.262 e. The van der Waals surface area contributed by atoms with Gasteiger partial charge < -0.3 is 9.80 Å². The van der Waals surface area contributed by atoms with Gasteiger partial charge in [-0.3, -0.25) is 34.3 Å². The summed E-state index contributed by atoms with van der Waals surface area (Å²) < 4.78 is 31.2. The zero-order valence-electron chi connectivity index (χ0n) is 29.1. The Morgan fingerprint density at radius 3 is 2.39 bits per heavy atom. The third-order valence-corrected chi connectivity index (χ3v) is 10.8. The summed E-state index contributed by atoms with van der Waals surface area (Å²) in [6, 6.07) is 17.9. The Hall–Kier alpha value is -6.09. The van der Waals surface area contributed by atoms with E-state index in [1.165, 1.54) is 12.1 Å². The number of imide groups is 2. The monoisotopic (exact) mass is 731 g/mol. The second-order valence-electron chi connectivity index (χ2n) is 14.1. The number of carbonyl (C=O) groups excluding carboxylic acids is 4. The van der Waals surface area contributed by atoms with Crippen molar-refractivity contribution in [2.45, 2.75) is 44.3 Å². The quantitative estimate of drug-likeness (QED) is 0.244. The summed E-state index contributed by atoms with van der Waals surface area (Å²) in [6.07, 6.45) is 3.68. The molecule has 274 valence electrons. The number of anilines is 2. The summed E-state index contributed by atoms with van der Waals surface area (Å²) in [5, 5.41) is 7.15. The summed E-state index contributed by atoms with van der Waals surface area (Å²) in [5.41, 5.74) is 3.32. The van der Waals surface area contributed by atoms with E-state index in [1.54, 1.807) is 22.8 Å². The molecule has 7 heterocycles. The Morgan fingerprint density at radius 1 is 0.796 bits per heavy atom. The number of hydrogen-bond donors (Lipinski definition) is 1. The number of piperazine rings is 1. The number of nitrogens with zero attached hydrogens (tertiary/aromatic N) is 8. The molecule has 0 bridgehead atoms. The van der Waals surface area contributed by atoms with Crippen LogP contribution in [0.15, 0.2) is 72.9 Å². The highest BCUT2D eigenvalue weighted by atomic mass is 19.1. The van der Waals surface area contributed by atoms with Gasteiger partial charge >= 0.3 is 0 Å². The number of amides is 4. The van der Waals surface area contributed by atoms with Crippen LogP contribution in [-0.4, -0.2) is 91.8 Å². The molecule has 3 saturated heterocycles. The first-order valence-corrected chi connectivity index (χ1v) is 18.1. The molecular formula is C39H35F2N9O4. The number of rotatable bonds is 7. The number of halogens is 2. The van der Waals surface area contributed by atoms with Gasteiger partial charge in [0.25, 0.3) is 11.8 Å². The molecule has 54 heavy (non-hydrogen) atoms. The number of hydrogen-bond acceptors (Lipinski definition) is 10. The van der Waals surface area contributed by atoms with Gasteiger partial charge in [0.15, 0.2) is 5.65 Å². The average molecular weight is 732 g/mol. The van der Waals surface area contributed by atoms with Gasteiger partial charge in [-0.05, 0) is 73.4 Å². The molecule has 3 fully saturated rings. The maximum absolute atomic E-state index is 15.4. The van der Waals surface area contributed by atoms with E-state index in [2.05, 4.69) is 25.0 Å². The maximum Gasteiger partial charge on any atom is 0.262 e. The van der Waals surface area contributed by atoms with Crippen LogP contribution < -0.4 is 15.1 Å². The molecule has 1 N–H and O–H groups in total. The minimum Gasteiger partial charge on any atom is -0.354 e. The Labute approximate surface area is 308 Å².